The highest BCUT2D eigenvalue weighted by Crippen LogP contribution is 2.36. The van der Waals surface area contributed by atoms with E-state index in [4.69, 9.17) is 4.74 Å². The molecule has 80 heavy (non-hydrogen) atoms. The summed E-state index contributed by atoms with van der Waals surface area (Å²) in [4.78, 5) is 97.3. The highest BCUT2D eigenvalue weighted by atomic mass is 32.1. The first kappa shape index (κ1) is 57.7. The zero-order valence-corrected chi connectivity index (χ0v) is 46.7. The number of fused-ring (bicyclic) bond motifs is 1. The normalized spacial score (nSPS) is 14.9. The van der Waals surface area contributed by atoms with Gasteiger partial charge in [0.25, 0.3) is 5.91 Å². The molecule has 3 aromatic heterocycles. The Morgan fingerprint density at radius 3 is 2.36 bits per heavy atom. The van der Waals surface area contributed by atoms with Gasteiger partial charge < -0.3 is 51.6 Å². The first-order chi connectivity index (χ1) is 38.4. The Kier molecular flexibility index (Phi) is 19.1. The minimum Gasteiger partial charge on any atom is -0.493 e. The monoisotopic (exact) mass is 1100 g/mol. The average molecular weight is 1100 g/mol. The predicted molar refractivity (Wildman–Crippen MR) is 310 cm³/mol. The lowest BCUT2D eigenvalue weighted by atomic mass is 9.85. The number of anilines is 4. The highest BCUT2D eigenvalue weighted by Gasteiger charge is 2.44. The number of amides is 6. The van der Waals surface area contributed by atoms with E-state index in [1.165, 1.54) is 29.5 Å². The molecule has 1 aliphatic heterocycles. The third-order valence-corrected chi connectivity index (χ3v) is 14.7. The van der Waals surface area contributed by atoms with Crippen molar-refractivity contribution >= 4 is 80.6 Å². The number of aromatic amines is 1. The molecule has 20 heteroatoms. The van der Waals surface area contributed by atoms with Crippen LogP contribution in [0.4, 0.5) is 22.9 Å². The van der Waals surface area contributed by atoms with Crippen molar-refractivity contribution in [3.63, 3.8) is 0 Å². The fraction of sp³-hybridized carbons (Fsp3) is 0.350. The van der Waals surface area contributed by atoms with Crippen LogP contribution in [0.15, 0.2) is 115 Å². The van der Waals surface area contributed by atoms with Gasteiger partial charge in [-0.2, -0.15) is 0 Å². The Bertz CT molecular complexity index is 3340. The number of carbonyl (C=O) groups excluding carboxylic acids is 6. The topological polar surface area (TPSA) is 262 Å². The second-order valence-corrected chi connectivity index (χ2v) is 21.9. The van der Waals surface area contributed by atoms with Gasteiger partial charge in [-0.25, -0.2) is 15.0 Å². The van der Waals surface area contributed by atoms with Crippen molar-refractivity contribution in [3.05, 3.63) is 132 Å². The summed E-state index contributed by atoms with van der Waals surface area (Å²) in [6, 6.07) is 27.2. The van der Waals surface area contributed by atoms with Crippen LogP contribution in [0.1, 0.15) is 107 Å². The first-order valence-corrected chi connectivity index (χ1v) is 27.7. The molecule has 4 aromatic carbocycles. The zero-order valence-electron chi connectivity index (χ0n) is 45.9. The molecule has 0 unspecified atom stereocenters. The lowest BCUT2D eigenvalue weighted by Crippen LogP contribution is -2.57. The number of hydrogen-bond donors (Lipinski definition) is 8. The quantitative estimate of drug-likeness (QED) is 0.0279. The maximum absolute atomic E-state index is 13.9. The van der Waals surface area contributed by atoms with E-state index in [1.54, 1.807) is 35.8 Å². The Morgan fingerprint density at radius 1 is 0.825 bits per heavy atom. The van der Waals surface area contributed by atoms with Gasteiger partial charge in [-0.3, -0.25) is 28.8 Å². The van der Waals surface area contributed by atoms with Crippen molar-refractivity contribution in [2.24, 2.45) is 5.41 Å². The summed E-state index contributed by atoms with van der Waals surface area (Å²) >= 11 is 1.52. The standard InChI is InChI=1S/C60H69N11O8S/c1-36(66-58(77)50-30-44(73)33-71(50)59(78)56(60(4,5)6)67-38(3)72)45-25-22-40(55-37(2)65-35-80-55)28-51(45)79-27-11-7-10-26-61-53(74)18-13-19-54(75)69-41-23-20-39(21-24-41)57(76)70-43-15-12-14-42(29-43)68-52-31-49(63-34-64-52)47-32-62-48-17-9-8-16-46(47)48/h8-9,12,14-17,20-25,28-29,31-32,34-36,44,50,56,62,73H,7,10-11,13,18-19,26-27,30,33H2,1-6H3,(H,61,74)(H,66,77)(H,67,72)(H,69,75)(H,70,76)(H,63,64,68)/t36-,44+,50-,56+/m0/s1. The van der Waals surface area contributed by atoms with Crippen LogP contribution in [0.2, 0.25) is 0 Å². The lowest BCUT2D eigenvalue weighted by molar-refractivity contribution is -0.144. The van der Waals surface area contributed by atoms with E-state index in [1.807, 2.05) is 108 Å². The largest absolute Gasteiger partial charge is 0.493 e. The molecular formula is C60H69N11O8S. The number of β-amino-alcohol motifs (C(OH)–C–C–N with tert-alkyl or cyclic N) is 1. The number of benzene rings is 4. The summed E-state index contributed by atoms with van der Waals surface area (Å²) in [5.74, 6) is -0.746. The Morgan fingerprint density at radius 2 is 1.60 bits per heavy atom. The molecule has 4 atom stereocenters. The second kappa shape index (κ2) is 26.4. The Balaban J connectivity index is 0.739. The molecule has 7 aromatic rings. The summed E-state index contributed by atoms with van der Waals surface area (Å²) in [6.45, 7) is 11.4. The van der Waals surface area contributed by atoms with Crippen molar-refractivity contribution < 1.29 is 38.6 Å². The number of nitrogens with one attached hydrogen (secondary N) is 7. The van der Waals surface area contributed by atoms with Crippen LogP contribution in [0.25, 0.3) is 32.6 Å². The van der Waals surface area contributed by atoms with Crippen molar-refractivity contribution in [3.8, 4) is 27.4 Å². The maximum atomic E-state index is 13.9. The van der Waals surface area contributed by atoms with Crippen LogP contribution < -0.4 is 36.6 Å². The number of aliphatic hydroxyl groups excluding tert-OH is 1. The first-order valence-electron chi connectivity index (χ1n) is 26.9. The van der Waals surface area contributed by atoms with Crippen LogP contribution >= 0.6 is 11.3 Å². The Hall–Kier alpha value is -8.49. The van der Waals surface area contributed by atoms with Crippen molar-refractivity contribution in [2.75, 3.05) is 35.6 Å². The lowest BCUT2D eigenvalue weighted by Gasteiger charge is -2.35. The average Bonchev–Trinajstić information content (AvgIpc) is 4.21. The number of likely N-dealkylation sites (tertiary alicyclic amines) is 1. The van der Waals surface area contributed by atoms with E-state index in [9.17, 15) is 33.9 Å². The summed E-state index contributed by atoms with van der Waals surface area (Å²) in [5, 5.41) is 29.5. The number of aliphatic hydroxyl groups is 1. The molecule has 8 N–H and O–H groups in total. The SMILES string of the molecule is CC(=O)N[C@H](C(=O)N1C[C@H](O)C[C@H]1C(=O)N[C@@H](C)c1ccc(-c2scnc2C)cc1OCCCCCNC(=O)CCCC(=O)Nc1ccc(C(=O)Nc2cccc(Nc3cc(-c4c[nH]c5ccccc45)ncn3)c2)cc1)C(C)(C)C. The smallest absolute Gasteiger partial charge is 0.255 e. The zero-order chi connectivity index (χ0) is 56.9. The minimum atomic E-state index is -0.937. The van der Waals surface area contributed by atoms with Gasteiger partial charge >= 0.3 is 0 Å². The van der Waals surface area contributed by atoms with Gasteiger partial charge in [-0.1, -0.05) is 57.2 Å². The number of nitrogens with zero attached hydrogens (tertiary/aromatic N) is 4. The molecular weight excluding hydrogens is 1030 g/mol. The number of carbonyl (C=O) groups is 6. The van der Waals surface area contributed by atoms with Gasteiger partial charge in [-0.15, -0.1) is 11.3 Å². The van der Waals surface area contributed by atoms with Crippen molar-refractivity contribution in [1.29, 1.82) is 0 Å². The fourth-order valence-corrected chi connectivity index (χ4v) is 10.4. The van der Waals surface area contributed by atoms with E-state index in [2.05, 4.69) is 51.8 Å². The number of thiazole rings is 1. The number of ether oxygens (including phenoxy) is 1. The fourth-order valence-electron chi connectivity index (χ4n) is 9.57. The van der Waals surface area contributed by atoms with Gasteiger partial charge in [-0.05, 0) is 105 Å². The summed E-state index contributed by atoms with van der Waals surface area (Å²) in [7, 11) is 0. The van der Waals surface area contributed by atoms with Crippen molar-refractivity contribution in [2.45, 2.75) is 111 Å². The minimum absolute atomic E-state index is 0.0266. The number of rotatable bonds is 23. The second-order valence-electron chi connectivity index (χ2n) is 21.1. The molecule has 1 fully saturated rings. The molecule has 0 spiro atoms. The number of aromatic nitrogens is 4. The van der Waals surface area contributed by atoms with Crippen LogP contribution in [0.5, 0.6) is 5.75 Å². The summed E-state index contributed by atoms with van der Waals surface area (Å²) in [6.07, 6.45) is 5.47. The number of unbranched alkanes of at least 4 members (excludes halogenated alkanes) is 2. The van der Waals surface area contributed by atoms with E-state index >= 15 is 0 Å². The molecule has 0 bridgehead atoms. The molecule has 0 radical (unpaired) electrons. The summed E-state index contributed by atoms with van der Waals surface area (Å²) < 4.78 is 6.39. The molecule has 6 amide bonds. The molecule has 0 saturated carbocycles. The van der Waals surface area contributed by atoms with Gasteiger partial charge in [0.15, 0.2) is 0 Å². The van der Waals surface area contributed by atoms with E-state index < -0.39 is 41.5 Å². The van der Waals surface area contributed by atoms with Gasteiger partial charge in [0.1, 0.15) is 30.0 Å². The number of para-hydroxylation sites is 1. The maximum Gasteiger partial charge on any atom is 0.255 e. The van der Waals surface area contributed by atoms with Gasteiger partial charge in [0, 0.05) is 96.2 Å². The van der Waals surface area contributed by atoms with E-state index in [0.29, 0.717) is 60.9 Å². The molecule has 19 nitrogen and oxygen atoms in total. The van der Waals surface area contributed by atoms with Crippen molar-refractivity contribution in [1.82, 2.24) is 40.8 Å². The molecule has 8 rings (SSSR count). The Labute approximate surface area is 469 Å². The molecule has 1 saturated heterocycles. The summed E-state index contributed by atoms with van der Waals surface area (Å²) in [5.41, 5.74) is 8.66. The number of hydrogen-bond acceptors (Lipinski definition) is 13. The highest BCUT2D eigenvalue weighted by molar-refractivity contribution is 7.13. The van der Waals surface area contributed by atoms with Crippen LogP contribution in [0.3, 0.4) is 0 Å². The van der Waals surface area contributed by atoms with E-state index in [0.717, 1.165) is 56.0 Å². The van der Waals surface area contributed by atoms with Gasteiger partial charge in [0.2, 0.25) is 29.5 Å². The number of aryl methyl sites for hydroxylation is 1. The van der Waals surface area contributed by atoms with Crippen LogP contribution in [-0.4, -0.2) is 103 Å². The third kappa shape index (κ3) is 15.2. The molecule has 0 aliphatic carbocycles. The van der Waals surface area contributed by atoms with E-state index in [-0.39, 0.29) is 49.4 Å². The predicted octanol–water partition coefficient (Wildman–Crippen LogP) is 9.22. The number of H-pyrrole nitrogens is 1. The molecule has 4 heterocycles. The van der Waals surface area contributed by atoms with Gasteiger partial charge in [0.05, 0.1) is 40.5 Å². The molecule has 418 valence electrons. The van der Waals surface area contributed by atoms with Crippen LogP contribution in [-0.2, 0) is 24.0 Å². The third-order valence-electron chi connectivity index (χ3n) is 13.7. The molecule has 1 aliphatic rings. The van der Waals surface area contributed by atoms with Crippen LogP contribution in [0, 0.1) is 12.3 Å².